The van der Waals surface area contributed by atoms with E-state index in [2.05, 4.69) is 47.3 Å². The molecule has 4 aliphatic carbocycles. The van der Waals surface area contributed by atoms with Gasteiger partial charge in [0.05, 0.1) is 0 Å². The van der Waals surface area contributed by atoms with Crippen LogP contribution >= 0.6 is 0 Å². The van der Waals surface area contributed by atoms with E-state index in [0.29, 0.717) is 11.8 Å². The zero-order valence-corrected chi connectivity index (χ0v) is 22.6. The molecule has 0 bridgehead atoms. The maximum Gasteiger partial charge on any atom is 0.506 e. The first-order valence-corrected chi connectivity index (χ1v) is 14.3. The summed E-state index contributed by atoms with van der Waals surface area (Å²) in [4.78, 5) is 11.5. The van der Waals surface area contributed by atoms with Crippen LogP contribution in [0.3, 0.4) is 0 Å². The van der Waals surface area contributed by atoms with Gasteiger partial charge in [-0.2, -0.15) is 0 Å². The fourth-order valence-electron chi connectivity index (χ4n) is 9.48. The monoisotopic (exact) mass is 470 g/mol. The molecule has 3 saturated carbocycles. The number of fused-ring (bicyclic) bond motifs is 5. The highest BCUT2D eigenvalue weighted by molar-refractivity contribution is 5.58. The van der Waals surface area contributed by atoms with Crippen LogP contribution in [-0.2, 0) is 4.74 Å². The van der Waals surface area contributed by atoms with Crippen molar-refractivity contribution in [3.05, 3.63) is 24.3 Å². The Kier molecular flexibility index (Phi) is 7.34. The lowest BCUT2D eigenvalue weighted by Gasteiger charge is -2.59. The van der Waals surface area contributed by atoms with Crippen LogP contribution in [0.2, 0.25) is 0 Å². The molecule has 0 radical (unpaired) electrons. The highest BCUT2D eigenvalue weighted by atomic mass is 16.7. The highest BCUT2D eigenvalue weighted by Crippen LogP contribution is 2.68. The number of hydrogen-bond donors (Lipinski definition) is 1. The van der Waals surface area contributed by atoms with E-state index >= 15 is 0 Å². The van der Waals surface area contributed by atoms with Crippen LogP contribution in [0.15, 0.2) is 24.3 Å². The number of carbonyl (C=O) groups is 1. The first-order valence-electron chi connectivity index (χ1n) is 14.3. The van der Waals surface area contributed by atoms with Crippen LogP contribution in [0.4, 0.5) is 4.79 Å². The number of carboxylic acid groups (broad SMARTS) is 1. The van der Waals surface area contributed by atoms with Gasteiger partial charge in [0.15, 0.2) is 0 Å². The van der Waals surface area contributed by atoms with Crippen molar-refractivity contribution in [1.29, 1.82) is 0 Å². The molecular formula is C31H50O3. The van der Waals surface area contributed by atoms with Crippen LogP contribution in [0.1, 0.15) is 112 Å². The maximum absolute atomic E-state index is 11.5. The third-order valence-electron chi connectivity index (χ3n) is 11.3. The molecule has 0 aliphatic heterocycles. The fourth-order valence-corrected chi connectivity index (χ4v) is 9.48. The summed E-state index contributed by atoms with van der Waals surface area (Å²) in [6, 6.07) is 0. The standard InChI is InChI=1S/C31H50O3/c1-7-16-31(34-28(32)33)19-18-29(5)23(20-31)11-12-24-26-14-13-25(22(4)10-8-9-21(2)3)30(26,6)17-15-27(24)29/h7,11,21-22,24-27H,1,8-10,12-20H2,2-6H3,(H,32,33)/t22-,24+,25-,26+,27+,29+,30-,31?/m1/s1. The van der Waals surface area contributed by atoms with E-state index in [9.17, 15) is 9.90 Å². The van der Waals surface area contributed by atoms with Gasteiger partial charge in [-0.05, 0) is 91.3 Å². The molecule has 0 saturated heterocycles. The Morgan fingerprint density at radius 2 is 1.91 bits per heavy atom. The fraction of sp³-hybridized carbons (Fsp3) is 0.839. The molecular weight excluding hydrogens is 420 g/mol. The largest absolute Gasteiger partial charge is 0.506 e. The predicted octanol–water partition coefficient (Wildman–Crippen LogP) is 9.04. The van der Waals surface area contributed by atoms with E-state index in [1.54, 1.807) is 0 Å². The van der Waals surface area contributed by atoms with Crippen molar-refractivity contribution < 1.29 is 14.6 Å². The number of rotatable bonds is 8. The van der Waals surface area contributed by atoms with Crippen LogP contribution in [0, 0.1) is 46.3 Å². The molecule has 3 fully saturated rings. The molecule has 8 atom stereocenters. The Hall–Kier alpha value is -1.25. The molecule has 0 amide bonds. The van der Waals surface area contributed by atoms with Gasteiger partial charge in [-0.3, -0.25) is 0 Å². The number of allylic oxidation sites excluding steroid dienone is 1. The van der Waals surface area contributed by atoms with Gasteiger partial charge in [-0.1, -0.05) is 71.6 Å². The van der Waals surface area contributed by atoms with Gasteiger partial charge in [0.25, 0.3) is 0 Å². The molecule has 4 aliphatic rings. The Morgan fingerprint density at radius 3 is 2.59 bits per heavy atom. The van der Waals surface area contributed by atoms with Gasteiger partial charge >= 0.3 is 6.16 Å². The smallest absolute Gasteiger partial charge is 0.450 e. The summed E-state index contributed by atoms with van der Waals surface area (Å²) in [5, 5.41) is 9.41. The van der Waals surface area contributed by atoms with Crippen molar-refractivity contribution in [2.24, 2.45) is 46.3 Å². The zero-order chi connectivity index (χ0) is 24.7. The van der Waals surface area contributed by atoms with Crippen molar-refractivity contribution in [2.45, 2.75) is 117 Å². The van der Waals surface area contributed by atoms with E-state index in [1.807, 2.05) is 6.08 Å². The van der Waals surface area contributed by atoms with Crippen molar-refractivity contribution in [3.63, 3.8) is 0 Å². The topological polar surface area (TPSA) is 46.5 Å². The summed E-state index contributed by atoms with van der Waals surface area (Å²) in [5.41, 5.74) is 1.58. The molecule has 34 heavy (non-hydrogen) atoms. The van der Waals surface area contributed by atoms with Crippen LogP contribution < -0.4 is 0 Å². The summed E-state index contributed by atoms with van der Waals surface area (Å²) in [7, 11) is 0. The van der Waals surface area contributed by atoms with Crippen molar-refractivity contribution in [1.82, 2.24) is 0 Å². The van der Waals surface area contributed by atoms with Gasteiger partial charge < -0.3 is 9.84 Å². The van der Waals surface area contributed by atoms with E-state index < -0.39 is 11.8 Å². The summed E-state index contributed by atoms with van der Waals surface area (Å²) in [5.74, 6) is 4.95. The minimum Gasteiger partial charge on any atom is -0.450 e. The summed E-state index contributed by atoms with van der Waals surface area (Å²) < 4.78 is 5.53. The molecule has 0 aromatic rings. The van der Waals surface area contributed by atoms with Gasteiger partial charge in [0.1, 0.15) is 5.60 Å². The zero-order valence-electron chi connectivity index (χ0n) is 22.6. The van der Waals surface area contributed by atoms with Gasteiger partial charge in [0, 0.05) is 12.8 Å². The first-order chi connectivity index (χ1) is 16.0. The van der Waals surface area contributed by atoms with Crippen molar-refractivity contribution in [3.8, 4) is 0 Å². The molecule has 192 valence electrons. The third kappa shape index (κ3) is 4.50. The van der Waals surface area contributed by atoms with Crippen molar-refractivity contribution >= 4 is 6.16 Å². The van der Waals surface area contributed by atoms with Crippen LogP contribution in [-0.4, -0.2) is 16.9 Å². The van der Waals surface area contributed by atoms with Gasteiger partial charge in [-0.15, -0.1) is 6.58 Å². The minimum absolute atomic E-state index is 0.206. The second-order valence-corrected chi connectivity index (χ2v) is 13.5. The summed E-state index contributed by atoms with van der Waals surface area (Å²) in [6.07, 6.45) is 17.3. The molecule has 0 aromatic carbocycles. The molecule has 3 nitrogen and oxygen atoms in total. The lowest BCUT2D eigenvalue weighted by Crippen LogP contribution is -2.53. The molecule has 3 heteroatoms. The highest BCUT2D eigenvalue weighted by Gasteiger charge is 2.60. The van der Waals surface area contributed by atoms with E-state index in [0.717, 1.165) is 54.8 Å². The second-order valence-electron chi connectivity index (χ2n) is 13.5. The molecule has 0 aromatic heterocycles. The summed E-state index contributed by atoms with van der Waals surface area (Å²) >= 11 is 0. The summed E-state index contributed by atoms with van der Waals surface area (Å²) in [6.45, 7) is 16.3. The number of ether oxygens (including phenoxy) is 1. The lowest BCUT2D eigenvalue weighted by molar-refractivity contribution is -0.0837. The van der Waals surface area contributed by atoms with Gasteiger partial charge in [-0.25, -0.2) is 4.79 Å². The van der Waals surface area contributed by atoms with E-state index in [-0.39, 0.29) is 5.41 Å². The number of hydrogen-bond acceptors (Lipinski definition) is 2. The molecule has 0 heterocycles. The molecule has 1 N–H and O–H groups in total. The SMILES string of the molecule is C=CCC1(OC(=O)O)CC[C@@]2(C)C(=CC[C@H]3[C@@H]4CC[C@H]([C@H](C)CCCC(C)C)[C@@]4(C)CC[C@@H]32)C1. The van der Waals surface area contributed by atoms with Crippen LogP contribution in [0.25, 0.3) is 0 Å². The lowest BCUT2D eigenvalue weighted by atomic mass is 9.46. The average Bonchev–Trinajstić information content (AvgIpc) is 3.11. The minimum atomic E-state index is -1.15. The Bertz CT molecular complexity index is 798. The third-order valence-corrected chi connectivity index (χ3v) is 11.3. The quantitative estimate of drug-likeness (QED) is 0.284. The normalized spacial score (nSPS) is 42.2. The Labute approximate surface area is 208 Å². The van der Waals surface area contributed by atoms with Crippen molar-refractivity contribution in [2.75, 3.05) is 0 Å². The van der Waals surface area contributed by atoms with E-state index in [1.165, 1.54) is 56.9 Å². The predicted molar refractivity (Wildman–Crippen MR) is 140 cm³/mol. The van der Waals surface area contributed by atoms with Crippen LogP contribution in [0.5, 0.6) is 0 Å². The van der Waals surface area contributed by atoms with E-state index in [4.69, 9.17) is 4.74 Å². The maximum atomic E-state index is 11.5. The first kappa shape index (κ1) is 25.8. The molecule has 4 rings (SSSR count). The average molecular weight is 471 g/mol. The molecule has 1 unspecified atom stereocenters. The van der Waals surface area contributed by atoms with Gasteiger partial charge in [0.2, 0.25) is 0 Å². The Balaban J connectivity index is 1.51. The second kappa shape index (κ2) is 9.66. The molecule has 0 spiro atoms. The Morgan fingerprint density at radius 1 is 1.15 bits per heavy atom.